The number of hydrogen-bond acceptors (Lipinski definition) is 1. The Bertz CT molecular complexity index is 2700. The van der Waals surface area contributed by atoms with Gasteiger partial charge in [0.25, 0.3) is 0 Å². The second-order valence-electron chi connectivity index (χ2n) is 15.5. The van der Waals surface area contributed by atoms with Gasteiger partial charge in [-0.25, -0.2) is 18.2 Å². The van der Waals surface area contributed by atoms with Crippen molar-refractivity contribution >= 4 is 35.1 Å². The number of allylic oxidation sites excluding steroid dienone is 3. The number of hydrogen-bond donors (Lipinski definition) is 1. The summed E-state index contributed by atoms with van der Waals surface area (Å²) in [7, 11) is 0. The monoisotopic (exact) mass is 820 g/mol. The summed E-state index contributed by atoms with van der Waals surface area (Å²) in [6, 6.07) is 29.3. The number of aryl methyl sites for hydroxylation is 6. The highest BCUT2D eigenvalue weighted by Crippen LogP contribution is 2.47. The number of aliphatic imine (C=N–C) groups is 1. The number of aromatic amines is 1. The van der Waals surface area contributed by atoms with Crippen LogP contribution in [0.4, 0.5) is 17.9 Å². The van der Waals surface area contributed by atoms with E-state index >= 15 is 13.2 Å². The average molecular weight is 821 g/mol. The minimum Gasteiger partial charge on any atom is -0.354 e. The van der Waals surface area contributed by atoms with Crippen molar-refractivity contribution in [1.82, 2.24) is 4.98 Å². The van der Waals surface area contributed by atoms with E-state index in [0.717, 1.165) is 83.6 Å². The van der Waals surface area contributed by atoms with E-state index in [1.165, 1.54) is 0 Å². The Hall–Kier alpha value is -6.27. The van der Waals surface area contributed by atoms with E-state index in [0.29, 0.717) is 28.7 Å². The Labute approximate surface area is 359 Å². The predicted octanol–water partition coefficient (Wildman–Crippen LogP) is 15.6. The van der Waals surface area contributed by atoms with Gasteiger partial charge in [0.05, 0.1) is 17.1 Å². The fraction of sp³-hybridized carbons (Fsp3) is 0.218. The molecule has 2 nitrogen and oxygen atoms in total. The summed E-state index contributed by atoms with van der Waals surface area (Å²) in [6.07, 6.45) is 8.21. The lowest BCUT2D eigenvalue weighted by Gasteiger charge is -2.18. The minimum atomic E-state index is -1.25. The van der Waals surface area contributed by atoms with E-state index in [-0.39, 0.29) is 22.3 Å². The molecule has 5 aromatic carbocycles. The van der Waals surface area contributed by atoms with Crippen LogP contribution in [0.3, 0.4) is 0 Å². The molecule has 0 fully saturated rings. The number of rotatable bonds is 9. The highest BCUT2D eigenvalue weighted by molar-refractivity contribution is 6.34. The molecule has 0 spiro atoms. The topological polar surface area (TPSA) is 28.1 Å². The van der Waals surface area contributed by atoms with Crippen molar-refractivity contribution < 1.29 is 17.9 Å². The van der Waals surface area contributed by atoms with Gasteiger partial charge in [-0.2, -0.15) is 0 Å². The first-order valence-corrected chi connectivity index (χ1v) is 20.9. The number of H-pyrrole nitrogens is 1. The summed E-state index contributed by atoms with van der Waals surface area (Å²) >= 11 is 0. The lowest BCUT2D eigenvalue weighted by Crippen LogP contribution is -2.08. The third-order valence-electron chi connectivity index (χ3n) is 11.2. The van der Waals surface area contributed by atoms with E-state index < -0.39 is 17.5 Å². The Morgan fingerprint density at radius 3 is 1.61 bits per heavy atom. The van der Waals surface area contributed by atoms with Crippen molar-refractivity contribution in [3.05, 3.63) is 204 Å². The molecule has 1 aliphatic heterocycles. The van der Waals surface area contributed by atoms with Gasteiger partial charge in [-0.05, 0) is 135 Å². The molecule has 314 valence electrons. The Morgan fingerprint density at radius 1 is 0.607 bits per heavy atom. The first-order valence-electron chi connectivity index (χ1n) is 20.9. The van der Waals surface area contributed by atoms with Crippen molar-refractivity contribution in [3.8, 4) is 11.1 Å². The Kier molecular flexibility index (Phi) is 14.6. The first kappa shape index (κ1) is 45.8. The molecule has 61 heavy (non-hydrogen) atoms. The van der Waals surface area contributed by atoms with Gasteiger partial charge in [0.15, 0.2) is 11.6 Å². The molecule has 1 aliphatic rings. The van der Waals surface area contributed by atoms with Crippen LogP contribution in [0, 0.1) is 65.9 Å². The molecule has 1 aromatic heterocycles. The van der Waals surface area contributed by atoms with Gasteiger partial charge in [-0.1, -0.05) is 129 Å². The largest absolute Gasteiger partial charge is 0.354 e. The first-order chi connectivity index (χ1) is 28.8. The van der Waals surface area contributed by atoms with Crippen LogP contribution in [0.1, 0.15) is 106 Å². The summed E-state index contributed by atoms with van der Waals surface area (Å²) in [5.41, 5.74) is 16.8. The molecule has 0 saturated carbocycles. The van der Waals surface area contributed by atoms with Crippen LogP contribution < -0.4 is 0 Å². The van der Waals surface area contributed by atoms with Crippen molar-refractivity contribution in [2.45, 2.75) is 82.6 Å². The maximum Gasteiger partial charge on any atom is 0.167 e. The fourth-order valence-electron chi connectivity index (χ4n) is 8.80. The molecule has 1 N–H and O–H groups in total. The molecule has 0 unspecified atom stereocenters. The third kappa shape index (κ3) is 9.10. The van der Waals surface area contributed by atoms with Crippen LogP contribution in [-0.2, 0) is 6.42 Å². The summed E-state index contributed by atoms with van der Waals surface area (Å²) in [4.78, 5) is 9.05. The van der Waals surface area contributed by atoms with E-state index in [1.807, 2.05) is 113 Å². The van der Waals surface area contributed by atoms with Gasteiger partial charge in [0.2, 0.25) is 0 Å². The summed E-state index contributed by atoms with van der Waals surface area (Å²) in [5, 5.41) is 0. The second kappa shape index (κ2) is 19.4. The van der Waals surface area contributed by atoms with Crippen LogP contribution in [0.5, 0.6) is 0 Å². The van der Waals surface area contributed by atoms with Gasteiger partial charge in [0.1, 0.15) is 5.82 Å². The zero-order chi connectivity index (χ0) is 43.4. The van der Waals surface area contributed by atoms with Crippen molar-refractivity contribution in [2.24, 2.45) is 4.99 Å². The molecule has 6 heteroatoms. The highest BCUT2D eigenvalue weighted by atomic mass is 19.2. The average Bonchev–Trinajstić information content (AvgIpc) is 3.70. The second-order valence-corrected chi connectivity index (χ2v) is 15.5. The summed E-state index contributed by atoms with van der Waals surface area (Å²) in [5.74, 6) is -3.16. The molecule has 7 rings (SSSR count). The van der Waals surface area contributed by atoms with Gasteiger partial charge in [0, 0.05) is 34.0 Å². The van der Waals surface area contributed by atoms with Crippen LogP contribution in [0.25, 0.3) is 40.5 Å². The third-order valence-corrected chi connectivity index (χ3v) is 11.2. The molecule has 0 aliphatic carbocycles. The summed E-state index contributed by atoms with van der Waals surface area (Å²) < 4.78 is 48.5. The smallest absolute Gasteiger partial charge is 0.167 e. The van der Waals surface area contributed by atoms with Crippen molar-refractivity contribution in [2.75, 3.05) is 0 Å². The summed E-state index contributed by atoms with van der Waals surface area (Å²) in [6.45, 7) is 22.3. The van der Waals surface area contributed by atoms with Gasteiger partial charge in [-0.3, -0.25) is 4.70 Å². The van der Waals surface area contributed by atoms with Crippen molar-refractivity contribution in [1.29, 1.82) is 0 Å². The quantitative estimate of drug-likeness (QED) is 0.111. The maximum atomic E-state index is 16.8. The number of aromatic nitrogens is 1. The fourth-order valence-corrected chi connectivity index (χ4v) is 8.80. The maximum absolute atomic E-state index is 16.8. The zero-order valence-corrected chi connectivity index (χ0v) is 37.2. The Morgan fingerprint density at radius 2 is 1.10 bits per heavy atom. The predicted molar refractivity (Wildman–Crippen MR) is 252 cm³/mol. The molecular weight excluding hydrogens is 765 g/mol. The molecular formula is C55H56F4N2. The molecule has 0 amide bonds. The van der Waals surface area contributed by atoms with Gasteiger partial charge in [-0.15, -0.1) is 0 Å². The Balaban J connectivity index is 0.00000231. The van der Waals surface area contributed by atoms with E-state index in [9.17, 15) is 0 Å². The molecule has 0 atom stereocenters. The minimum absolute atomic E-state index is 0. The molecule has 6 aromatic rings. The highest BCUT2D eigenvalue weighted by Gasteiger charge is 2.33. The molecule has 2 heterocycles. The van der Waals surface area contributed by atoms with Gasteiger partial charge < -0.3 is 4.98 Å². The number of halogens is 4. The van der Waals surface area contributed by atoms with Crippen LogP contribution in [0.2, 0.25) is 0 Å². The number of benzene rings is 5. The standard InChI is InChI=1S/C53H49F3N2.C2H6.FH/c1-10-40-41(54)29-42(55)51(56)49(40)50(52-36(8)47(45-32(4)25-30(2)26-33(45)5)43(57-52)23-21-38-17-13-11-14-18-38)53-37(9)48(46-34(6)27-31(3)28-35(46)7)44(58-53)24-22-39-19-15-12-16-20-39;1-2;/h11-29,57H,10H2,1-9H3;1-2H3;1H/b23-21+,24-22+,53-50-;;. The van der Waals surface area contributed by atoms with Crippen LogP contribution in [-0.4, -0.2) is 10.7 Å². The van der Waals surface area contributed by atoms with E-state index in [4.69, 9.17) is 4.99 Å². The van der Waals surface area contributed by atoms with Crippen molar-refractivity contribution in [3.63, 3.8) is 0 Å². The molecule has 0 radical (unpaired) electrons. The number of nitrogens with zero attached hydrogens (tertiary/aromatic N) is 1. The lowest BCUT2D eigenvalue weighted by atomic mass is 9.85. The normalized spacial score (nSPS) is 13.4. The number of nitrogens with one attached hydrogen (secondary N) is 1. The van der Waals surface area contributed by atoms with Crippen LogP contribution >= 0.6 is 0 Å². The van der Waals surface area contributed by atoms with E-state index in [1.54, 1.807) is 6.92 Å². The molecule has 0 saturated heterocycles. The van der Waals surface area contributed by atoms with Gasteiger partial charge >= 0.3 is 0 Å². The zero-order valence-electron chi connectivity index (χ0n) is 37.2. The van der Waals surface area contributed by atoms with Crippen LogP contribution in [0.15, 0.2) is 113 Å². The van der Waals surface area contributed by atoms with E-state index in [2.05, 4.69) is 70.8 Å². The lowest BCUT2D eigenvalue weighted by molar-refractivity contribution is 0.488. The SMILES string of the molecule is CC.CCc1c(F)cc(F)c(F)c1/C(=C1N=C(/C=C/c2ccccc2)C(c2c(C)cc(C)cc2C)=C/1C)c1[nH]c(/C=C/c2ccccc2)c(-c2c(C)cc(C)cc2C)c1C.F. The molecule has 0 bridgehead atoms.